The molecule has 3 aromatic rings. The van der Waals surface area contributed by atoms with Gasteiger partial charge in [0.15, 0.2) is 0 Å². The van der Waals surface area contributed by atoms with Crippen LogP contribution in [-0.4, -0.2) is 35.4 Å². The van der Waals surface area contributed by atoms with Crippen molar-refractivity contribution < 1.29 is 4.74 Å². The maximum atomic E-state index is 9.92. The van der Waals surface area contributed by atoms with Crippen molar-refractivity contribution in [1.29, 1.82) is 5.26 Å². The number of anilines is 3. The third-order valence-electron chi connectivity index (χ3n) is 6.32. The lowest BCUT2D eigenvalue weighted by molar-refractivity contribution is 0.340. The zero-order chi connectivity index (χ0) is 23.0. The summed E-state index contributed by atoms with van der Waals surface area (Å²) in [7, 11) is 0. The van der Waals surface area contributed by atoms with Crippen LogP contribution in [0, 0.1) is 18.3 Å². The molecule has 7 nitrogen and oxygen atoms in total. The molecule has 0 bridgehead atoms. The molecule has 1 aliphatic carbocycles. The fourth-order valence-corrected chi connectivity index (χ4v) is 4.60. The SMILES string of the molecule is CCOc1ccc(Nc2c(C)c(NCCCNC3CCCCC3)c(C#N)c3ccnn23)cc1. The van der Waals surface area contributed by atoms with Crippen molar-refractivity contribution in [2.45, 2.75) is 58.4 Å². The zero-order valence-electron chi connectivity index (χ0n) is 19.7. The van der Waals surface area contributed by atoms with Crippen molar-refractivity contribution in [3.63, 3.8) is 0 Å². The fourth-order valence-electron chi connectivity index (χ4n) is 4.60. The fraction of sp³-hybridized carbons (Fsp3) is 0.462. The van der Waals surface area contributed by atoms with E-state index in [1.54, 1.807) is 10.7 Å². The average molecular weight is 447 g/mol. The van der Waals surface area contributed by atoms with Crippen LogP contribution in [0.4, 0.5) is 17.2 Å². The minimum absolute atomic E-state index is 0.627. The number of aromatic nitrogens is 2. The molecule has 1 aliphatic rings. The van der Waals surface area contributed by atoms with Crippen molar-refractivity contribution >= 4 is 22.7 Å². The van der Waals surface area contributed by atoms with E-state index in [2.05, 4.69) is 27.1 Å². The van der Waals surface area contributed by atoms with Crippen molar-refractivity contribution in [2.24, 2.45) is 0 Å². The van der Waals surface area contributed by atoms with Gasteiger partial charge in [0.25, 0.3) is 0 Å². The summed E-state index contributed by atoms with van der Waals surface area (Å²) in [6, 6.07) is 12.8. The number of fused-ring (bicyclic) bond motifs is 1. The first-order chi connectivity index (χ1) is 16.2. The molecule has 0 spiro atoms. The third-order valence-corrected chi connectivity index (χ3v) is 6.32. The second-order valence-corrected chi connectivity index (χ2v) is 8.62. The maximum Gasteiger partial charge on any atom is 0.137 e. The molecule has 1 aromatic carbocycles. The average Bonchev–Trinajstić information content (AvgIpc) is 3.33. The molecule has 0 radical (unpaired) electrons. The van der Waals surface area contributed by atoms with Gasteiger partial charge in [-0.2, -0.15) is 10.4 Å². The summed E-state index contributed by atoms with van der Waals surface area (Å²) in [6.45, 7) is 6.44. The Morgan fingerprint density at radius 2 is 1.91 bits per heavy atom. The standard InChI is InChI=1S/C26H34N6O/c1-3-33-22-12-10-21(11-13-22)31-26-19(2)25(23(18-27)24-14-17-30-32(24)26)29-16-7-15-28-20-8-5-4-6-9-20/h10-14,17,20,28-29,31H,3-9,15-16H2,1-2H3. The van der Waals surface area contributed by atoms with Crippen molar-refractivity contribution in [2.75, 3.05) is 30.3 Å². The van der Waals surface area contributed by atoms with Gasteiger partial charge in [-0.15, -0.1) is 0 Å². The summed E-state index contributed by atoms with van der Waals surface area (Å²) in [4.78, 5) is 0. The predicted octanol–water partition coefficient (Wildman–Crippen LogP) is 5.38. The van der Waals surface area contributed by atoms with Gasteiger partial charge in [-0.3, -0.25) is 0 Å². The van der Waals surface area contributed by atoms with Crippen LogP contribution in [0.3, 0.4) is 0 Å². The second kappa shape index (κ2) is 11.1. The van der Waals surface area contributed by atoms with Crippen LogP contribution in [0.2, 0.25) is 0 Å². The van der Waals surface area contributed by atoms with Crippen LogP contribution in [-0.2, 0) is 0 Å². The van der Waals surface area contributed by atoms with E-state index in [9.17, 15) is 5.26 Å². The van der Waals surface area contributed by atoms with Gasteiger partial charge in [0.1, 0.15) is 23.2 Å². The molecule has 0 saturated heterocycles. The summed E-state index contributed by atoms with van der Waals surface area (Å²) < 4.78 is 7.35. The van der Waals surface area contributed by atoms with E-state index in [-0.39, 0.29) is 0 Å². The van der Waals surface area contributed by atoms with E-state index in [4.69, 9.17) is 4.74 Å². The Kier molecular flexibility index (Phi) is 7.69. The van der Waals surface area contributed by atoms with Gasteiger partial charge >= 0.3 is 0 Å². The van der Waals surface area contributed by atoms with Gasteiger partial charge in [0, 0.05) is 23.8 Å². The number of pyridine rings is 1. The van der Waals surface area contributed by atoms with Crippen molar-refractivity contribution in [1.82, 2.24) is 14.9 Å². The molecule has 7 heteroatoms. The summed E-state index contributed by atoms with van der Waals surface area (Å²) in [5.41, 5.74) is 4.20. The minimum Gasteiger partial charge on any atom is -0.494 e. The molecule has 2 heterocycles. The van der Waals surface area contributed by atoms with Crippen LogP contribution in [0.15, 0.2) is 36.5 Å². The molecule has 0 unspecified atom stereocenters. The Morgan fingerprint density at radius 3 is 2.64 bits per heavy atom. The number of nitrogens with one attached hydrogen (secondary N) is 3. The van der Waals surface area contributed by atoms with E-state index < -0.39 is 0 Å². The number of rotatable bonds is 10. The van der Waals surface area contributed by atoms with E-state index in [0.29, 0.717) is 18.2 Å². The molecule has 0 amide bonds. The molecule has 174 valence electrons. The van der Waals surface area contributed by atoms with Crippen molar-refractivity contribution in [3.05, 3.63) is 47.7 Å². The van der Waals surface area contributed by atoms with Crippen LogP contribution in [0.5, 0.6) is 5.75 Å². The Hall–Kier alpha value is -3.24. The molecular formula is C26H34N6O. The third kappa shape index (κ3) is 5.40. The summed E-state index contributed by atoms with van der Waals surface area (Å²) >= 11 is 0. The van der Waals surface area contributed by atoms with Crippen LogP contribution in [0.25, 0.3) is 5.52 Å². The largest absolute Gasteiger partial charge is 0.494 e. The van der Waals surface area contributed by atoms with Gasteiger partial charge in [-0.1, -0.05) is 19.3 Å². The lowest BCUT2D eigenvalue weighted by Crippen LogP contribution is -2.32. The molecule has 0 atom stereocenters. The highest BCUT2D eigenvalue weighted by Gasteiger charge is 2.18. The van der Waals surface area contributed by atoms with Gasteiger partial charge in [-0.05, 0) is 70.0 Å². The monoisotopic (exact) mass is 446 g/mol. The second-order valence-electron chi connectivity index (χ2n) is 8.62. The van der Waals surface area contributed by atoms with Gasteiger partial charge in [0.05, 0.1) is 24.0 Å². The Labute approximate surface area is 196 Å². The smallest absolute Gasteiger partial charge is 0.137 e. The Balaban J connectivity index is 1.49. The molecular weight excluding hydrogens is 412 g/mol. The van der Waals surface area contributed by atoms with E-state index in [0.717, 1.165) is 53.5 Å². The quantitative estimate of drug-likeness (QED) is 0.363. The summed E-state index contributed by atoms with van der Waals surface area (Å²) in [5, 5.41) is 25.1. The molecule has 2 aromatic heterocycles. The molecule has 3 N–H and O–H groups in total. The first-order valence-electron chi connectivity index (χ1n) is 12.1. The molecule has 33 heavy (non-hydrogen) atoms. The maximum absolute atomic E-state index is 9.92. The summed E-state index contributed by atoms with van der Waals surface area (Å²) in [6.07, 6.45) is 9.39. The lowest BCUT2D eigenvalue weighted by atomic mass is 9.95. The van der Waals surface area contributed by atoms with E-state index in [1.165, 1.54) is 32.1 Å². The molecule has 1 saturated carbocycles. The molecule has 0 aliphatic heterocycles. The highest BCUT2D eigenvalue weighted by atomic mass is 16.5. The molecule has 1 fully saturated rings. The predicted molar refractivity (Wildman–Crippen MR) is 134 cm³/mol. The van der Waals surface area contributed by atoms with Crippen LogP contribution < -0.4 is 20.7 Å². The topological polar surface area (TPSA) is 86.4 Å². The highest BCUT2D eigenvalue weighted by Crippen LogP contribution is 2.33. The summed E-state index contributed by atoms with van der Waals surface area (Å²) in [5.74, 6) is 1.69. The Morgan fingerprint density at radius 1 is 1.12 bits per heavy atom. The van der Waals surface area contributed by atoms with Crippen molar-refractivity contribution in [3.8, 4) is 11.8 Å². The van der Waals surface area contributed by atoms with Gasteiger partial charge < -0.3 is 20.7 Å². The van der Waals surface area contributed by atoms with Gasteiger partial charge in [-0.25, -0.2) is 4.52 Å². The number of benzene rings is 1. The number of ether oxygens (including phenoxy) is 1. The normalized spacial score (nSPS) is 14.2. The zero-order valence-corrected chi connectivity index (χ0v) is 19.7. The number of nitrogens with zero attached hydrogens (tertiary/aromatic N) is 3. The minimum atomic E-state index is 0.627. The number of hydrogen-bond acceptors (Lipinski definition) is 6. The van der Waals surface area contributed by atoms with Crippen LogP contribution >= 0.6 is 0 Å². The number of nitriles is 1. The first-order valence-corrected chi connectivity index (χ1v) is 12.1. The van der Waals surface area contributed by atoms with E-state index in [1.807, 2.05) is 44.2 Å². The van der Waals surface area contributed by atoms with E-state index >= 15 is 0 Å². The van der Waals surface area contributed by atoms with Gasteiger partial charge in [0.2, 0.25) is 0 Å². The first kappa shape index (κ1) is 22.9. The Bertz CT molecular complexity index is 1090. The highest BCUT2D eigenvalue weighted by molar-refractivity contribution is 5.82. The number of hydrogen-bond donors (Lipinski definition) is 3. The lowest BCUT2D eigenvalue weighted by Gasteiger charge is -2.23. The van der Waals surface area contributed by atoms with Crippen LogP contribution in [0.1, 0.15) is 56.6 Å². The molecule has 4 rings (SSSR count).